The Morgan fingerprint density at radius 2 is 2.25 bits per heavy atom. The van der Waals surface area contributed by atoms with Crippen molar-refractivity contribution in [2.75, 3.05) is 0 Å². The van der Waals surface area contributed by atoms with E-state index in [4.69, 9.17) is 10.4 Å². The highest BCUT2D eigenvalue weighted by atomic mass is 16.4. The maximum absolute atomic E-state index is 10.4. The molecule has 12 heavy (non-hydrogen) atoms. The zero-order valence-electron chi connectivity index (χ0n) is 7.63. The van der Waals surface area contributed by atoms with E-state index in [9.17, 15) is 4.79 Å². The summed E-state index contributed by atoms with van der Waals surface area (Å²) in [4.78, 5) is 10.4. The van der Waals surface area contributed by atoms with Crippen LogP contribution in [0.3, 0.4) is 0 Å². The van der Waals surface area contributed by atoms with Crippen LogP contribution in [0.4, 0.5) is 0 Å². The molecule has 0 aliphatic carbocycles. The van der Waals surface area contributed by atoms with Crippen LogP contribution in [-0.2, 0) is 4.79 Å². The Bertz CT molecular complexity index is 195. The molecule has 0 saturated heterocycles. The van der Waals surface area contributed by atoms with E-state index < -0.39 is 11.4 Å². The summed E-state index contributed by atoms with van der Waals surface area (Å²) in [6.45, 7) is 3.73. The van der Waals surface area contributed by atoms with E-state index >= 15 is 0 Å². The van der Waals surface area contributed by atoms with Crippen molar-refractivity contribution in [3.63, 3.8) is 0 Å². The highest BCUT2D eigenvalue weighted by molar-refractivity contribution is 5.68. The number of nitrogens with zero attached hydrogens (tertiary/aromatic N) is 1. The van der Waals surface area contributed by atoms with Gasteiger partial charge in [-0.3, -0.25) is 4.79 Å². The Labute approximate surface area is 73.0 Å². The summed E-state index contributed by atoms with van der Waals surface area (Å²) in [7, 11) is 0. The molecule has 0 aromatic carbocycles. The molecule has 3 heteroatoms. The number of unbranched alkanes of at least 4 members (excludes halogenated alkanes) is 1. The van der Waals surface area contributed by atoms with Gasteiger partial charge in [0.15, 0.2) is 0 Å². The average molecular weight is 169 g/mol. The van der Waals surface area contributed by atoms with Crippen molar-refractivity contribution in [2.24, 2.45) is 5.41 Å². The summed E-state index contributed by atoms with van der Waals surface area (Å²) in [6, 6.07) is 2.06. The van der Waals surface area contributed by atoms with Crippen LogP contribution in [0.25, 0.3) is 0 Å². The number of hydrogen-bond acceptors (Lipinski definition) is 2. The minimum absolute atomic E-state index is 0.0521. The number of rotatable bonds is 5. The minimum atomic E-state index is -0.893. The van der Waals surface area contributed by atoms with E-state index in [1.165, 1.54) is 0 Å². The quantitative estimate of drug-likeness (QED) is 0.686. The third-order valence-electron chi connectivity index (χ3n) is 1.89. The van der Waals surface area contributed by atoms with Gasteiger partial charge < -0.3 is 5.11 Å². The highest BCUT2D eigenvalue weighted by Gasteiger charge is 2.26. The van der Waals surface area contributed by atoms with Gasteiger partial charge in [0.1, 0.15) is 0 Å². The van der Waals surface area contributed by atoms with Crippen LogP contribution in [0, 0.1) is 16.7 Å². The zero-order chi connectivity index (χ0) is 9.61. The molecule has 0 aromatic heterocycles. The first-order valence-corrected chi connectivity index (χ1v) is 4.17. The Morgan fingerprint density at radius 3 is 2.58 bits per heavy atom. The first-order valence-electron chi connectivity index (χ1n) is 4.17. The van der Waals surface area contributed by atoms with Gasteiger partial charge >= 0.3 is 5.97 Å². The molecule has 0 aliphatic heterocycles. The summed E-state index contributed by atoms with van der Waals surface area (Å²) in [5.74, 6) is -0.893. The number of hydrogen-bond donors (Lipinski definition) is 1. The summed E-state index contributed by atoms with van der Waals surface area (Å²) in [5, 5.41) is 17.3. The van der Waals surface area contributed by atoms with E-state index in [1.807, 2.05) is 6.92 Å². The van der Waals surface area contributed by atoms with Gasteiger partial charge in [0, 0.05) is 0 Å². The molecule has 0 spiro atoms. The van der Waals surface area contributed by atoms with E-state index in [0.29, 0.717) is 6.42 Å². The average Bonchev–Trinajstić information content (AvgIpc) is 2.00. The minimum Gasteiger partial charge on any atom is -0.481 e. The Balaban J connectivity index is 4.07. The Morgan fingerprint density at radius 1 is 1.67 bits per heavy atom. The fraction of sp³-hybridized carbons (Fsp3) is 0.778. The first kappa shape index (κ1) is 11.0. The van der Waals surface area contributed by atoms with Crippen molar-refractivity contribution < 1.29 is 9.90 Å². The van der Waals surface area contributed by atoms with Crippen LogP contribution >= 0.6 is 0 Å². The predicted molar refractivity (Wildman–Crippen MR) is 45.5 cm³/mol. The highest BCUT2D eigenvalue weighted by Crippen LogP contribution is 2.27. The lowest BCUT2D eigenvalue weighted by Crippen LogP contribution is -2.18. The summed E-state index contributed by atoms with van der Waals surface area (Å²) >= 11 is 0. The predicted octanol–water partition coefficient (Wildman–Crippen LogP) is 2.18. The van der Waals surface area contributed by atoms with Crippen LogP contribution in [-0.4, -0.2) is 11.1 Å². The molecule has 0 aliphatic rings. The molecule has 0 amide bonds. The lowest BCUT2D eigenvalue weighted by atomic mass is 9.83. The SMILES string of the molecule is CCCCC(C)(C#N)CC(=O)O. The summed E-state index contributed by atoms with van der Waals surface area (Å²) in [6.07, 6.45) is 2.53. The maximum atomic E-state index is 10.4. The molecule has 3 nitrogen and oxygen atoms in total. The second-order valence-corrected chi connectivity index (χ2v) is 3.35. The molecule has 68 valence electrons. The van der Waals surface area contributed by atoms with E-state index in [0.717, 1.165) is 12.8 Å². The number of carboxylic acid groups (broad SMARTS) is 1. The summed E-state index contributed by atoms with van der Waals surface area (Å²) in [5.41, 5.74) is -0.679. The molecule has 0 radical (unpaired) electrons. The molecule has 0 fully saturated rings. The van der Waals surface area contributed by atoms with Crippen molar-refractivity contribution in [3.05, 3.63) is 0 Å². The number of carboxylic acids is 1. The molecule has 0 heterocycles. The van der Waals surface area contributed by atoms with Gasteiger partial charge in [0.2, 0.25) is 0 Å². The lowest BCUT2D eigenvalue weighted by Gasteiger charge is -2.17. The van der Waals surface area contributed by atoms with Gasteiger partial charge in [-0.2, -0.15) is 5.26 Å². The molecular weight excluding hydrogens is 154 g/mol. The lowest BCUT2D eigenvalue weighted by molar-refractivity contribution is -0.138. The van der Waals surface area contributed by atoms with Crippen LogP contribution in [0.5, 0.6) is 0 Å². The number of aliphatic carboxylic acids is 1. The van der Waals surface area contributed by atoms with Crippen LogP contribution in [0.2, 0.25) is 0 Å². The molecule has 1 atom stereocenters. The van der Waals surface area contributed by atoms with Gasteiger partial charge in [-0.05, 0) is 13.3 Å². The smallest absolute Gasteiger partial charge is 0.304 e. The van der Waals surface area contributed by atoms with Crippen molar-refractivity contribution in [1.82, 2.24) is 0 Å². The van der Waals surface area contributed by atoms with E-state index in [1.54, 1.807) is 6.92 Å². The van der Waals surface area contributed by atoms with Gasteiger partial charge in [0.25, 0.3) is 0 Å². The Kier molecular flexibility index (Phi) is 4.35. The molecule has 0 bridgehead atoms. The largest absolute Gasteiger partial charge is 0.481 e. The Hall–Kier alpha value is -1.04. The second-order valence-electron chi connectivity index (χ2n) is 3.35. The number of carbonyl (C=O) groups is 1. The van der Waals surface area contributed by atoms with E-state index in [-0.39, 0.29) is 6.42 Å². The van der Waals surface area contributed by atoms with Crippen molar-refractivity contribution >= 4 is 5.97 Å². The topological polar surface area (TPSA) is 61.1 Å². The van der Waals surface area contributed by atoms with Crippen molar-refractivity contribution in [3.8, 4) is 6.07 Å². The van der Waals surface area contributed by atoms with E-state index in [2.05, 4.69) is 6.07 Å². The van der Waals surface area contributed by atoms with Gasteiger partial charge in [-0.1, -0.05) is 19.8 Å². The second kappa shape index (κ2) is 4.76. The standard InChI is InChI=1S/C9H15NO2/c1-3-4-5-9(2,7-10)6-8(11)12/h3-6H2,1-2H3,(H,11,12). The normalized spacial score (nSPS) is 14.8. The molecule has 0 aromatic rings. The van der Waals surface area contributed by atoms with Crippen LogP contribution in [0.15, 0.2) is 0 Å². The fourth-order valence-electron chi connectivity index (χ4n) is 1.08. The van der Waals surface area contributed by atoms with Gasteiger partial charge in [-0.25, -0.2) is 0 Å². The van der Waals surface area contributed by atoms with Gasteiger partial charge in [0.05, 0.1) is 17.9 Å². The third kappa shape index (κ3) is 3.97. The molecule has 0 rings (SSSR count). The maximum Gasteiger partial charge on any atom is 0.304 e. The number of nitriles is 1. The summed E-state index contributed by atoms with van der Waals surface area (Å²) < 4.78 is 0. The zero-order valence-corrected chi connectivity index (χ0v) is 7.63. The van der Waals surface area contributed by atoms with Crippen LogP contribution < -0.4 is 0 Å². The first-order chi connectivity index (χ1) is 5.54. The van der Waals surface area contributed by atoms with Crippen molar-refractivity contribution in [1.29, 1.82) is 5.26 Å². The molecular formula is C9H15NO2. The molecule has 1 unspecified atom stereocenters. The van der Waals surface area contributed by atoms with Crippen LogP contribution in [0.1, 0.15) is 39.5 Å². The third-order valence-corrected chi connectivity index (χ3v) is 1.89. The molecule has 1 N–H and O–H groups in total. The monoisotopic (exact) mass is 169 g/mol. The van der Waals surface area contributed by atoms with Gasteiger partial charge in [-0.15, -0.1) is 0 Å². The van der Waals surface area contributed by atoms with Crippen molar-refractivity contribution in [2.45, 2.75) is 39.5 Å². The molecule has 0 saturated carbocycles. The fourth-order valence-corrected chi connectivity index (χ4v) is 1.08.